The van der Waals surface area contributed by atoms with Crippen LogP contribution in [0.2, 0.25) is 0 Å². The van der Waals surface area contributed by atoms with Crippen LogP contribution in [0.3, 0.4) is 0 Å². The summed E-state index contributed by atoms with van der Waals surface area (Å²) in [6, 6.07) is 0. The maximum absolute atomic E-state index is 4.25. The van der Waals surface area contributed by atoms with E-state index < -0.39 is 0 Å². The number of ether oxygens (including phenoxy) is 1. The number of hydrogen-bond donors (Lipinski definition) is 0. The fourth-order valence-electron chi connectivity index (χ4n) is 3.27. The summed E-state index contributed by atoms with van der Waals surface area (Å²) in [6.07, 6.45) is 8.61. The Labute approximate surface area is 155 Å². The lowest BCUT2D eigenvalue weighted by Gasteiger charge is -2.26. The second kappa shape index (κ2) is 20.9. The van der Waals surface area contributed by atoms with Crippen LogP contribution >= 0.6 is 0 Å². The van der Waals surface area contributed by atoms with Crippen LogP contribution in [-0.4, -0.2) is 62.8 Å². The molecule has 0 bridgehead atoms. The molecule has 0 aromatic carbocycles. The lowest BCUT2D eigenvalue weighted by Crippen LogP contribution is -2.34. The SMILES string of the molecule is CC.CC.CC.CC12CCCN1CCC2.CN1CCCC1.COC. The quantitative estimate of drug-likeness (QED) is 0.560. The van der Waals surface area contributed by atoms with Crippen molar-refractivity contribution in [2.45, 2.75) is 92.5 Å². The topological polar surface area (TPSA) is 15.7 Å². The Hall–Kier alpha value is -0.120. The van der Waals surface area contributed by atoms with E-state index in [0.717, 1.165) is 0 Å². The van der Waals surface area contributed by atoms with Crippen LogP contribution in [0.5, 0.6) is 0 Å². The third-order valence-corrected chi connectivity index (χ3v) is 4.38. The van der Waals surface area contributed by atoms with Gasteiger partial charge in [0.05, 0.1) is 0 Å². The normalized spacial score (nSPS) is 20.2. The number of methoxy groups -OCH3 is 1. The summed E-state index contributed by atoms with van der Waals surface area (Å²) in [5, 5.41) is 0. The van der Waals surface area contributed by atoms with E-state index in [4.69, 9.17) is 0 Å². The van der Waals surface area contributed by atoms with Crippen molar-refractivity contribution < 1.29 is 4.74 Å². The maximum atomic E-state index is 4.25. The van der Waals surface area contributed by atoms with Crippen LogP contribution < -0.4 is 0 Å². The third-order valence-electron chi connectivity index (χ3n) is 4.38. The fourth-order valence-corrected chi connectivity index (χ4v) is 3.27. The highest BCUT2D eigenvalue weighted by molar-refractivity contribution is 4.96. The summed E-state index contributed by atoms with van der Waals surface area (Å²) < 4.78 is 4.25. The standard InChI is InChI=1S/C8H15N.C5H11N.C2H6O.3C2H6/c1-8-4-2-6-9(8)7-3-5-8;1-6-4-2-3-5-6;1-3-2;3*1-2/h2-7H2,1H3;2-5H2,1H3;1-2H3;3*1-2H3. The second-order valence-corrected chi connectivity index (χ2v) is 6.11. The summed E-state index contributed by atoms with van der Waals surface area (Å²) in [5.74, 6) is 0. The molecule has 0 aromatic heterocycles. The maximum Gasteiger partial charge on any atom is 0.0351 e. The molecular formula is C21H50N2O. The van der Waals surface area contributed by atoms with Crippen molar-refractivity contribution in [2.24, 2.45) is 0 Å². The molecular weight excluding hydrogens is 296 g/mol. The minimum atomic E-state index is 0.639. The van der Waals surface area contributed by atoms with Crippen molar-refractivity contribution in [1.82, 2.24) is 9.80 Å². The number of rotatable bonds is 0. The zero-order chi connectivity index (χ0) is 19.4. The van der Waals surface area contributed by atoms with Crippen LogP contribution in [0, 0.1) is 0 Å². The van der Waals surface area contributed by atoms with Crippen molar-refractivity contribution in [1.29, 1.82) is 0 Å². The lowest BCUT2D eigenvalue weighted by molar-refractivity contribution is 0.218. The second-order valence-electron chi connectivity index (χ2n) is 6.11. The number of hydrogen-bond acceptors (Lipinski definition) is 3. The summed E-state index contributed by atoms with van der Waals surface area (Å²) in [6.45, 7) is 19.8. The molecule has 0 spiro atoms. The Morgan fingerprint density at radius 2 is 1.00 bits per heavy atom. The van der Waals surface area contributed by atoms with Crippen LogP contribution in [0.4, 0.5) is 0 Å². The molecule has 0 N–H and O–H groups in total. The zero-order valence-corrected chi connectivity index (χ0v) is 18.9. The Balaban J connectivity index is -0.000000259. The summed E-state index contributed by atoms with van der Waals surface area (Å²) in [5.41, 5.74) is 0.639. The van der Waals surface area contributed by atoms with Gasteiger partial charge in [-0.1, -0.05) is 41.5 Å². The van der Waals surface area contributed by atoms with E-state index in [2.05, 4.69) is 28.5 Å². The van der Waals surface area contributed by atoms with Gasteiger partial charge in [0.2, 0.25) is 0 Å². The molecule has 0 atom stereocenters. The molecule has 3 heteroatoms. The average molecular weight is 347 g/mol. The molecule has 0 amide bonds. The van der Waals surface area contributed by atoms with Gasteiger partial charge in [0.1, 0.15) is 0 Å². The van der Waals surface area contributed by atoms with E-state index in [1.165, 1.54) is 64.7 Å². The van der Waals surface area contributed by atoms with Crippen molar-refractivity contribution >= 4 is 0 Å². The molecule has 3 aliphatic heterocycles. The molecule has 150 valence electrons. The lowest BCUT2D eigenvalue weighted by atomic mass is 9.97. The first-order valence-electron chi connectivity index (χ1n) is 10.5. The van der Waals surface area contributed by atoms with Crippen molar-refractivity contribution in [2.75, 3.05) is 47.4 Å². The molecule has 3 nitrogen and oxygen atoms in total. The van der Waals surface area contributed by atoms with Gasteiger partial charge in [-0.3, -0.25) is 4.90 Å². The zero-order valence-electron chi connectivity index (χ0n) is 18.9. The molecule has 3 rings (SSSR count). The van der Waals surface area contributed by atoms with Gasteiger partial charge < -0.3 is 9.64 Å². The van der Waals surface area contributed by atoms with E-state index in [0.29, 0.717) is 5.54 Å². The van der Waals surface area contributed by atoms with Gasteiger partial charge in [-0.15, -0.1) is 0 Å². The molecule has 0 aromatic rings. The first-order valence-corrected chi connectivity index (χ1v) is 10.5. The molecule has 3 aliphatic rings. The minimum absolute atomic E-state index is 0.639. The minimum Gasteiger partial charge on any atom is -0.388 e. The predicted molar refractivity (Wildman–Crippen MR) is 112 cm³/mol. The van der Waals surface area contributed by atoms with Gasteiger partial charge in [-0.2, -0.15) is 0 Å². The van der Waals surface area contributed by atoms with Crippen LogP contribution in [-0.2, 0) is 4.74 Å². The third kappa shape index (κ3) is 13.2. The monoisotopic (exact) mass is 346 g/mol. The van der Waals surface area contributed by atoms with Gasteiger partial charge in [0.15, 0.2) is 0 Å². The highest BCUT2D eigenvalue weighted by Crippen LogP contribution is 2.37. The summed E-state index contributed by atoms with van der Waals surface area (Å²) in [7, 11) is 5.42. The Morgan fingerprint density at radius 1 is 0.667 bits per heavy atom. The van der Waals surface area contributed by atoms with E-state index in [1.807, 2.05) is 41.5 Å². The van der Waals surface area contributed by atoms with E-state index in [9.17, 15) is 0 Å². The molecule has 0 radical (unpaired) electrons. The average Bonchev–Trinajstić information content (AvgIpc) is 3.31. The smallest absolute Gasteiger partial charge is 0.0351 e. The molecule has 0 unspecified atom stereocenters. The van der Waals surface area contributed by atoms with Crippen LogP contribution in [0.1, 0.15) is 87.0 Å². The van der Waals surface area contributed by atoms with E-state index in [-0.39, 0.29) is 0 Å². The predicted octanol–water partition coefficient (Wildman–Crippen LogP) is 5.69. The number of nitrogens with zero attached hydrogens (tertiary/aromatic N) is 2. The number of fused-ring (bicyclic) bond motifs is 1. The summed E-state index contributed by atoms with van der Waals surface area (Å²) >= 11 is 0. The Morgan fingerprint density at radius 3 is 1.21 bits per heavy atom. The molecule has 0 saturated carbocycles. The first kappa shape index (κ1) is 28.7. The van der Waals surface area contributed by atoms with E-state index in [1.54, 1.807) is 14.2 Å². The first-order chi connectivity index (χ1) is 11.6. The van der Waals surface area contributed by atoms with Crippen molar-refractivity contribution in [3.05, 3.63) is 0 Å². The van der Waals surface area contributed by atoms with Crippen molar-refractivity contribution in [3.8, 4) is 0 Å². The van der Waals surface area contributed by atoms with Gasteiger partial charge in [0, 0.05) is 19.8 Å². The number of likely N-dealkylation sites (tertiary alicyclic amines) is 1. The molecule has 3 heterocycles. The Bertz CT molecular complexity index is 206. The summed E-state index contributed by atoms with van der Waals surface area (Å²) in [4.78, 5) is 5.02. The fraction of sp³-hybridized carbons (Fsp3) is 1.00. The molecule has 3 saturated heterocycles. The van der Waals surface area contributed by atoms with Gasteiger partial charge in [-0.05, 0) is 78.7 Å². The van der Waals surface area contributed by atoms with E-state index >= 15 is 0 Å². The van der Waals surface area contributed by atoms with Gasteiger partial charge in [0.25, 0.3) is 0 Å². The Kier molecular flexibility index (Phi) is 25.0. The highest BCUT2D eigenvalue weighted by atomic mass is 16.4. The van der Waals surface area contributed by atoms with Gasteiger partial charge >= 0.3 is 0 Å². The largest absolute Gasteiger partial charge is 0.388 e. The van der Waals surface area contributed by atoms with Crippen LogP contribution in [0.15, 0.2) is 0 Å². The highest BCUT2D eigenvalue weighted by Gasteiger charge is 2.39. The molecule has 0 aliphatic carbocycles. The van der Waals surface area contributed by atoms with Gasteiger partial charge in [-0.25, -0.2) is 0 Å². The molecule has 24 heavy (non-hydrogen) atoms. The van der Waals surface area contributed by atoms with Crippen molar-refractivity contribution in [3.63, 3.8) is 0 Å². The molecule has 3 fully saturated rings. The van der Waals surface area contributed by atoms with Crippen LogP contribution in [0.25, 0.3) is 0 Å².